The number of benzene rings is 2. The smallest absolute Gasteiger partial charge is 0.373 e. The molecule has 1 saturated heterocycles. The summed E-state index contributed by atoms with van der Waals surface area (Å²) in [5, 5.41) is 13.5. The average Bonchev–Trinajstić information content (AvgIpc) is 3.53. The van der Waals surface area contributed by atoms with Crippen molar-refractivity contribution < 1.29 is 37.9 Å². The molecule has 0 atom stereocenters. The molecule has 1 aliphatic heterocycles. The van der Waals surface area contributed by atoms with Crippen LogP contribution in [0.2, 0.25) is 0 Å². The fourth-order valence-electron chi connectivity index (χ4n) is 4.08. The molecule has 3 amide bonds. The van der Waals surface area contributed by atoms with E-state index in [9.17, 15) is 24.5 Å². The number of carbonyl (C=O) groups excluding carboxylic acids is 3. The van der Waals surface area contributed by atoms with E-state index >= 15 is 0 Å². The Morgan fingerprint density at radius 2 is 1.90 bits per heavy atom. The molecule has 4 rings (SSSR count). The van der Waals surface area contributed by atoms with Gasteiger partial charge in [-0.1, -0.05) is 6.08 Å². The predicted molar refractivity (Wildman–Crippen MR) is 146 cm³/mol. The Bertz CT molecular complexity index is 1520. The van der Waals surface area contributed by atoms with Gasteiger partial charge in [0, 0.05) is 17.7 Å². The number of imide groups is 1. The first-order valence-electron chi connectivity index (χ1n) is 12.5. The number of nitrogens with one attached hydrogen (secondary N) is 1. The molecule has 0 spiro atoms. The maximum absolute atomic E-state index is 13.1. The van der Waals surface area contributed by atoms with Crippen molar-refractivity contribution in [3.8, 4) is 11.5 Å². The summed E-state index contributed by atoms with van der Waals surface area (Å²) in [5.41, 5.74) is 2.05. The Balaban J connectivity index is 1.57. The van der Waals surface area contributed by atoms with Crippen LogP contribution in [0.15, 0.2) is 71.3 Å². The number of ether oxygens (including phenoxy) is 3. The largest absolute Gasteiger partial charge is 0.490 e. The number of esters is 1. The lowest BCUT2D eigenvalue weighted by atomic mass is 10.0. The van der Waals surface area contributed by atoms with Crippen molar-refractivity contribution in [2.24, 2.45) is 0 Å². The highest BCUT2D eigenvalue weighted by Gasteiger charge is 2.34. The maximum Gasteiger partial charge on any atom is 0.373 e. The van der Waals surface area contributed by atoms with Crippen LogP contribution in [0.1, 0.15) is 39.9 Å². The Hall–Kier alpha value is -5.39. The van der Waals surface area contributed by atoms with E-state index in [0.717, 1.165) is 16.0 Å². The lowest BCUT2D eigenvalue weighted by molar-refractivity contribution is -0.384. The predicted octanol–water partition coefficient (Wildman–Crippen LogP) is 4.77. The average molecular weight is 562 g/mol. The van der Waals surface area contributed by atoms with E-state index in [1.165, 1.54) is 37.5 Å². The van der Waals surface area contributed by atoms with Crippen molar-refractivity contribution in [2.75, 3.05) is 13.7 Å². The van der Waals surface area contributed by atoms with Crippen molar-refractivity contribution >= 4 is 29.7 Å². The topological polar surface area (TPSA) is 150 Å². The van der Waals surface area contributed by atoms with E-state index in [-0.39, 0.29) is 36.1 Å². The van der Waals surface area contributed by atoms with Crippen molar-refractivity contribution in [2.45, 2.75) is 26.5 Å². The van der Waals surface area contributed by atoms with Gasteiger partial charge in [-0.25, -0.2) is 9.59 Å². The number of non-ortho nitro benzene ring substituents is 1. The number of nitro benzene ring substituents is 1. The van der Waals surface area contributed by atoms with Crippen molar-refractivity contribution in [1.29, 1.82) is 0 Å². The van der Waals surface area contributed by atoms with E-state index in [0.29, 0.717) is 30.1 Å². The van der Waals surface area contributed by atoms with Crippen molar-refractivity contribution in [3.63, 3.8) is 0 Å². The van der Waals surface area contributed by atoms with Crippen LogP contribution in [0.3, 0.4) is 0 Å². The second-order valence-electron chi connectivity index (χ2n) is 8.78. The van der Waals surface area contributed by atoms with Gasteiger partial charge < -0.3 is 23.9 Å². The number of carbonyl (C=O) groups is 3. The third kappa shape index (κ3) is 6.61. The molecule has 0 radical (unpaired) electrons. The zero-order valence-electron chi connectivity index (χ0n) is 22.4. The quantitative estimate of drug-likeness (QED) is 0.0823. The van der Waals surface area contributed by atoms with Crippen LogP contribution in [0, 0.1) is 10.1 Å². The van der Waals surface area contributed by atoms with Crippen LogP contribution in [0.5, 0.6) is 11.5 Å². The zero-order valence-corrected chi connectivity index (χ0v) is 22.4. The summed E-state index contributed by atoms with van der Waals surface area (Å²) in [5.74, 6) is -0.173. The van der Waals surface area contributed by atoms with Gasteiger partial charge in [0.05, 0.1) is 25.2 Å². The molecule has 0 unspecified atom stereocenters. The molecule has 2 heterocycles. The van der Waals surface area contributed by atoms with Crippen LogP contribution in [0.4, 0.5) is 10.5 Å². The Morgan fingerprint density at radius 3 is 2.56 bits per heavy atom. The molecular weight excluding hydrogens is 534 g/mol. The molecule has 1 fully saturated rings. The van der Waals surface area contributed by atoms with Crippen LogP contribution < -0.4 is 14.8 Å². The number of rotatable bonds is 12. The van der Waals surface area contributed by atoms with E-state index in [4.69, 9.17) is 13.9 Å². The number of hydrogen-bond acceptors (Lipinski definition) is 9. The second kappa shape index (κ2) is 12.6. The molecule has 0 aliphatic carbocycles. The minimum atomic E-state index is -0.672. The molecule has 0 saturated carbocycles. The molecule has 12 heteroatoms. The maximum atomic E-state index is 13.1. The Labute approximate surface area is 234 Å². The molecular formula is C29H27N3O9. The van der Waals surface area contributed by atoms with Gasteiger partial charge in [-0.15, -0.1) is 6.58 Å². The summed E-state index contributed by atoms with van der Waals surface area (Å²) in [4.78, 5) is 48.7. The SMILES string of the molecule is C=CCc1cc(/C=C2\NC(=O)N(Cc3ccc(C(=O)OC)o3)C2=O)cc(OCC)c1OCc1ccc([N+](=O)[O-])cc1. The highest BCUT2D eigenvalue weighted by Crippen LogP contribution is 2.35. The first-order valence-corrected chi connectivity index (χ1v) is 12.5. The molecule has 0 bridgehead atoms. The lowest BCUT2D eigenvalue weighted by Crippen LogP contribution is -2.30. The van der Waals surface area contributed by atoms with Gasteiger partial charge in [-0.05, 0) is 66.9 Å². The Morgan fingerprint density at radius 1 is 1.15 bits per heavy atom. The monoisotopic (exact) mass is 561 g/mol. The minimum absolute atomic E-state index is 0.0179. The van der Waals surface area contributed by atoms with Crippen molar-refractivity contribution in [1.82, 2.24) is 10.2 Å². The lowest BCUT2D eigenvalue weighted by Gasteiger charge is -2.17. The number of allylic oxidation sites excluding steroid dienone is 1. The third-order valence-electron chi connectivity index (χ3n) is 5.98. The summed E-state index contributed by atoms with van der Waals surface area (Å²) in [6.07, 6.45) is 3.63. The van der Waals surface area contributed by atoms with Crippen LogP contribution in [-0.4, -0.2) is 41.4 Å². The Kier molecular flexibility index (Phi) is 8.82. The van der Waals surface area contributed by atoms with Gasteiger partial charge in [0.2, 0.25) is 5.76 Å². The summed E-state index contributed by atoms with van der Waals surface area (Å²) in [6.45, 7) is 5.92. The van der Waals surface area contributed by atoms with E-state index in [1.54, 1.807) is 30.3 Å². The standard InChI is InChI=1S/C29H27N3O9/c1-4-6-20-13-19(15-25(39-5-2)26(20)40-17-18-7-9-21(10-8-18)32(36)37)14-23-27(33)31(29(35)30-23)16-22-11-12-24(41-22)28(34)38-3/h4,7-15H,1,5-6,16-17H2,2-3H3,(H,30,35)/b23-14-. The van der Waals surface area contributed by atoms with Gasteiger partial charge in [0.25, 0.3) is 11.6 Å². The third-order valence-corrected chi connectivity index (χ3v) is 5.98. The molecule has 3 aromatic rings. The summed E-state index contributed by atoms with van der Waals surface area (Å²) >= 11 is 0. The van der Waals surface area contributed by atoms with Gasteiger partial charge in [0.15, 0.2) is 11.5 Å². The zero-order chi connectivity index (χ0) is 29.5. The molecule has 1 aromatic heterocycles. The van der Waals surface area contributed by atoms with Gasteiger partial charge in [-0.3, -0.25) is 19.8 Å². The van der Waals surface area contributed by atoms with Gasteiger partial charge in [-0.2, -0.15) is 0 Å². The van der Waals surface area contributed by atoms with Crippen molar-refractivity contribution in [3.05, 3.63) is 105 Å². The van der Waals surface area contributed by atoms with Gasteiger partial charge in [0.1, 0.15) is 18.1 Å². The summed E-state index contributed by atoms with van der Waals surface area (Å²) < 4.78 is 21.9. The van der Waals surface area contributed by atoms with Crippen LogP contribution in [-0.2, 0) is 29.1 Å². The molecule has 2 aromatic carbocycles. The summed E-state index contributed by atoms with van der Waals surface area (Å²) in [6, 6.07) is 11.8. The normalized spacial score (nSPS) is 13.7. The fraction of sp³-hybridized carbons (Fsp3) is 0.207. The molecule has 212 valence electrons. The second-order valence-corrected chi connectivity index (χ2v) is 8.78. The highest BCUT2D eigenvalue weighted by molar-refractivity contribution is 6.13. The number of amides is 3. The summed E-state index contributed by atoms with van der Waals surface area (Å²) in [7, 11) is 1.22. The molecule has 1 aliphatic rings. The molecule has 12 nitrogen and oxygen atoms in total. The van der Waals surface area contributed by atoms with E-state index in [1.807, 2.05) is 6.92 Å². The minimum Gasteiger partial charge on any atom is -0.490 e. The van der Waals surface area contributed by atoms with Gasteiger partial charge >= 0.3 is 12.0 Å². The first-order chi connectivity index (χ1) is 19.7. The van der Waals surface area contributed by atoms with Crippen LogP contribution in [0.25, 0.3) is 6.08 Å². The van der Waals surface area contributed by atoms with E-state index in [2.05, 4.69) is 16.6 Å². The number of urea groups is 1. The number of nitrogens with zero attached hydrogens (tertiary/aromatic N) is 2. The fourth-order valence-corrected chi connectivity index (χ4v) is 4.08. The highest BCUT2D eigenvalue weighted by atomic mass is 16.6. The number of furan rings is 1. The number of nitro groups is 1. The first kappa shape index (κ1) is 28.6. The molecule has 1 N–H and O–H groups in total. The number of methoxy groups -OCH3 is 1. The van der Waals surface area contributed by atoms with E-state index < -0.39 is 22.8 Å². The van der Waals surface area contributed by atoms with Crippen LogP contribution >= 0.6 is 0 Å². The number of hydrogen-bond donors (Lipinski definition) is 1. The molecule has 41 heavy (non-hydrogen) atoms.